The molecule has 0 unspecified atom stereocenters. The number of aryl methyl sites for hydroxylation is 1. The molecule has 0 aliphatic carbocycles. The van der Waals surface area contributed by atoms with Gasteiger partial charge in [-0.2, -0.15) is 0 Å². The first-order valence-electron chi connectivity index (χ1n) is 8.01. The van der Waals surface area contributed by atoms with Crippen molar-refractivity contribution in [3.63, 3.8) is 0 Å². The average Bonchev–Trinajstić information content (AvgIpc) is 2.60. The summed E-state index contributed by atoms with van der Waals surface area (Å²) in [6, 6.07) is 9.28. The van der Waals surface area contributed by atoms with E-state index in [0.717, 1.165) is 37.6 Å². The van der Waals surface area contributed by atoms with Gasteiger partial charge in [-0.1, -0.05) is 12.1 Å². The molecule has 24 heavy (non-hydrogen) atoms. The predicted molar refractivity (Wildman–Crippen MR) is 91.9 cm³/mol. The lowest BCUT2D eigenvalue weighted by molar-refractivity contribution is 0.219. The Kier molecular flexibility index (Phi) is 4.76. The number of benzene rings is 1. The number of para-hydroxylation sites is 2. The third-order valence-electron chi connectivity index (χ3n) is 4.28. The molecule has 0 bridgehead atoms. The highest BCUT2D eigenvalue weighted by Gasteiger charge is 2.21. The van der Waals surface area contributed by atoms with E-state index in [0.29, 0.717) is 18.1 Å². The molecule has 1 fully saturated rings. The van der Waals surface area contributed by atoms with Gasteiger partial charge in [0.15, 0.2) is 5.76 Å². The van der Waals surface area contributed by atoms with Gasteiger partial charge in [-0.15, -0.1) is 0 Å². The zero-order chi connectivity index (χ0) is 17.1. The summed E-state index contributed by atoms with van der Waals surface area (Å²) in [5.74, 6) is 1.44. The molecule has 1 aliphatic heterocycles. The van der Waals surface area contributed by atoms with Crippen molar-refractivity contribution in [1.82, 2.24) is 4.90 Å². The third-order valence-corrected chi connectivity index (χ3v) is 4.28. The standard InChI is InChI=1S/C18H22N2O4/c1-13-11-15(21)18(22)17(24-13)12-19-7-9-20(10-8-19)14-5-3-4-6-16(14)23-2/h3-6,11,22H,7-10,12H2,1-2H3. The van der Waals surface area contributed by atoms with E-state index >= 15 is 0 Å². The van der Waals surface area contributed by atoms with Gasteiger partial charge < -0.3 is 19.2 Å². The van der Waals surface area contributed by atoms with E-state index in [4.69, 9.17) is 9.15 Å². The summed E-state index contributed by atoms with van der Waals surface area (Å²) < 4.78 is 10.9. The largest absolute Gasteiger partial charge is 0.502 e. The fraction of sp³-hybridized carbons (Fsp3) is 0.389. The molecule has 3 rings (SSSR count). The van der Waals surface area contributed by atoms with Gasteiger partial charge >= 0.3 is 0 Å². The van der Waals surface area contributed by atoms with E-state index in [2.05, 4.69) is 15.9 Å². The highest BCUT2D eigenvalue weighted by atomic mass is 16.5. The summed E-state index contributed by atoms with van der Waals surface area (Å²) in [6.45, 7) is 5.46. The van der Waals surface area contributed by atoms with Crippen LogP contribution >= 0.6 is 0 Å². The van der Waals surface area contributed by atoms with Gasteiger partial charge in [0.2, 0.25) is 11.2 Å². The summed E-state index contributed by atoms with van der Waals surface area (Å²) in [7, 11) is 1.68. The van der Waals surface area contributed by atoms with Crippen LogP contribution in [-0.4, -0.2) is 43.3 Å². The van der Waals surface area contributed by atoms with Gasteiger partial charge in [-0.25, -0.2) is 0 Å². The molecule has 1 N–H and O–H groups in total. The van der Waals surface area contributed by atoms with Crippen LogP contribution in [0.1, 0.15) is 11.5 Å². The van der Waals surface area contributed by atoms with E-state index in [1.54, 1.807) is 14.0 Å². The summed E-state index contributed by atoms with van der Waals surface area (Å²) in [6.07, 6.45) is 0. The number of piperazine rings is 1. The molecule has 0 amide bonds. The quantitative estimate of drug-likeness (QED) is 0.925. The molecule has 2 aromatic rings. The van der Waals surface area contributed by atoms with Crippen LogP contribution in [0.25, 0.3) is 0 Å². The van der Waals surface area contributed by atoms with Crippen molar-refractivity contribution >= 4 is 5.69 Å². The number of rotatable bonds is 4. The summed E-state index contributed by atoms with van der Waals surface area (Å²) >= 11 is 0. The van der Waals surface area contributed by atoms with Crippen molar-refractivity contribution in [2.75, 3.05) is 38.2 Å². The van der Waals surface area contributed by atoms with Crippen LogP contribution < -0.4 is 15.1 Å². The Morgan fingerprint density at radius 2 is 1.92 bits per heavy atom. The topological polar surface area (TPSA) is 66.2 Å². The molecular weight excluding hydrogens is 308 g/mol. The van der Waals surface area contributed by atoms with E-state index in [9.17, 15) is 9.90 Å². The fourth-order valence-corrected chi connectivity index (χ4v) is 3.01. The normalized spacial score (nSPS) is 15.5. The molecule has 0 atom stereocenters. The van der Waals surface area contributed by atoms with Crippen molar-refractivity contribution < 1.29 is 14.3 Å². The lowest BCUT2D eigenvalue weighted by Gasteiger charge is -2.36. The minimum absolute atomic E-state index is 0.284. The zero-order valence-electron chi connectivity index (χ0n) is 14.0. The second-order valence-electron chi connectivity index (χ2n) is 5.93. The molecule has 6 heteroatoms. The van der Waals surface area contributed by atoms with Crippen LogP contribution in [0.5, 0.6) is 11.5 Å². The second-order valence-corrected chi connectivity index (χ2v) is 5.93. The van der Waals surface area contributed by atoms with Crippen molar-refractivity contribution in [2.24, 2.45) is 0 Å². The van der Waals surface area contributed by atoms with E-state index in [1.165, 1.54) is 6.07 Å². The smallest absolute Gasteiger partial charge is 0.227 e. The van der Waals surface area contributed by atoms with Crippen LogP contribution in [0.3, 0.4) is 0 Å². The zero-order valence-corrected chi connectivity index (χ0v) is 14.0. The first-order chi connectivity index (χ1) is 11.6. The Bertz CT molecular complexity index is 764. The van der Waals surface area contributed by atoms with Crippen molar-refractivity contribution in [1.29, 1.82) is 0 Å². The van der Waals surface area contributed by atoms with Gasteiger partial charge in [-0.3, -0.25) is 9.69 Å². The van der Waals surface area contributed by atoms with Crippen LogP contribution in [0, 0.1) is 6.92 Å². The Morgan fingerprint density at radius 3 is 2.62 bits per heavy atom. The highest BCUT2D eigenvalue weighted by molar-refractivity contribution is 5.58. The number of hydrogen-bond acceptors (Lipinski definition) is 6. The number of ether oxygens (including phenoxy) is 1. The second kappa shape index (κ2) is 6.97. The minimum Gasteiger partial charge on any atom is -0.502 e. The molecule has 1 aromatic heterocycles. The molecule has 1 saturated heterocycles. The SMILES string of the molecule is COc1ccccc1N1CCN(Cc2oc(C)cc(=O)c2O)CC1. The molecule has 0 saturated carbocycles. The number of nitrogens with zero attached hydrogens (tertiary/aromatic N) is 2. The van der Waals surface area contributed by atoms with Gasteiger partial charge in [0.1, 0.15) is 11.5 Å². The number of hydrogen-bond donors (Lipinski definition) is 1. The number of methoxy groups -OCH3 is 1. The maximum atomic E-state index is 11.7. The maximum absolute atomic E-state index is 11.7. The van der Waals surface area contributed by atoms with Crippen molar-refractivity contribution in [3.05, 3.63) is 52.1 Å². The molecular formula is C18H22N2O4. The molecule has 6 nitrogen and oxygen atoms in total. The Hall–Kier alpha value is -2.47. The third kappa shape index (κ3) is 3.38. The summed E-state index contributed by atoms with van der Waals surface area (Å²) in [5, 5.41) is 9.89. The maximum Gasteiger partial charge on any atom is 0.227 e. The van der Waals surface area contributed by atoms with Crippen LogP contribution in [0.2, 0.25) is 0 Å². The lowest BCUT2D eigenvalue weighted by atomic mass is 10.2. The minimum atomic E-state index is -0.388. The van der Waals surface area contributed by atoms with Crippen LogP contribution in [0.15, 0.2) is 39.5 Å². The first-order valence-corrected chi connectivity index (χ1v) is 8.01. The Labute approximate surface area is 140 Å². The van der Waals surface area contributed by atoms with E-state index < -0.39 is 0 Å². The van der Waals surface area contributed by atoms with E-state index in [-0.39, 0.29) is 11.2 Å². The average molecular weight is 330 g/mol. The number of anilines is 1. The van der Waals surface area contributed by atoms with Crippen LogP contribution in [0.4, 0.5) is 5.69 Å². The van der Waals surface area contributed by atoms with Gasteiger partial charge in [-0.05, 0) is 19.1 Å². The molecule has 1 aromatic carbocycles. The fourth-order valence-electron chi connectivity index (χ4n) is 3.01. The summed E-state index contributed by atoms with van der Waals surface area (Å²) in [4.78, 5) is 16.1. The molecule has 2 heterocycles. The van der Waals surface area contributed by atoms with Gasteiger partial charge in [0.25, 0.3) is 0 Å². The lowest BCUT2D eigenvalue weighted by Crippen LogP contribution is -2.46. The van der Waals surface area contributed by atoms with Gasteiger partial charge in [0.05, 0.1) is 19.3 Å². The van der Waals surface area contributed by atoms with Crippen molar-refractivity contribution in [3.8, 4) is 11.5 Å². The Morgan fingerprint density at radius 1 is 1.21 bits per heavy atom. The summed E-state index contributed by atoms with van der Waals surface area (Å²) in [5.41, 5.74) is 0.700. The molecule has 1 aliphatic rings. The van der Waals surface area contributed by atoms with E-state index in [1.807, 2.05) is 18.2 Å². The van der Waals surface area contributed by atoms with Crippen LogP contribution in [-0.2, 0) is 6.54 Å². The number of aromatic hydroxyl groups is 1. The predicted octanol–water partition coefficient (Wildman–Crippen LogP) is 1.98. The highest BCUT2D eigenvalue weighted by Crippen LogP contribution is 2.28. The monoisotopic (exact) mass is 330 g/mol. The Balaban J connectivity index is 1.67. The van der Waals surface area contributed by atoms with Gasteiger partial charge in [0, 0.05) is 32.2 Å². The molecule has 128 valence electrons. The van der Waals surface area contributed by atoms with Crippen molar-refractivity contribution in [2.45, 2.75) is 13.5 Å². The molecule has 0 radical (unpaired) electrons. The molecule has 0 spiro atoms. The first kappa shape index (κ1) is 16.4.